The van der Waals surface area contributed by atoms with Crippen molar-refractivity contribution in [2.75, 3.05) is 38.7 Å². The monoisotopic (exact) mass is 280 g/mol. The summed E-state index contributed by atoms with van der Waals surface area (Å²) in [5.41, 5.74) is 1.75. The first-order valence-electron chi connectivity index (χ1n) is 6.88. The number of aliphatic hydroxyl groups is 1. The van der Waals surface area contributed by atoms with Gasteiger partial charge in [-0.25, -0.2) is 0 Å². The SMILES string of the molecule is CCN(CCCO)CC(=O)Nc1cc(C)ccc1OC. The van der Waals surface area contributed by atoms with Crippen molar-refractivity contribution in [3.05, 3.63) is 23.8 Å². The Morgan fingerprint density at radius 3 is 2.80 bits per heavy atom. The molecular formula is C15H24N2O3. The van der Waals surface area contributed by atoms with Gasteiger partial charge in [0.15, 0.2) is 0 Å². The quantitative estimate of drug-likeness (QED) is 0.760. The zero-order valence-corrected chi connectivity index (χ0v) is 12.5. The number of anilines is 1. The highest BCUT2D eigenvalue weighted by Crippen LogP contribution is 2.25. The van der Waals surface area contributed by atoms with Crippen molar-refractivity contribution < 1.29 is 14.6 Å². The van der Waals surface area contributed by atoms with E-state index in [4.69, 9.17) is 9.84 Å². The average molecular weight is 280 g/mol. The molecule has 0 fully saturated rings. The number of nitrogens with one attached hydrogen (secondary N) is 1. The van der Waals surface area contributed by atoms with Gasteiger partial charge >= 0.3 is 0 Å². The standard InChI is InChI=1S/C15H24N2O3/c1-4-17(8-5-9-18)11-15(19)16-13-10-12(2)6-7-14(13)20-3/h6-7,10,18H,4-5,8-9,11H2,1-3H3,(H,16,19). The third-order valence-corrected chi connectivity index (χ3v) is 3.08. The Bertz CT molecular complexity index is 435. The lowest BCUT2D eigenvalue weighted by Gasteiger charge is -2.19. The van der Waals surface area contributed by atoms with Crippen LogP contribution in [0.1, 0.15) is 18.9 Å². The molecule has 1 aromatic rings. The van der Waals surface area contributed by atoms with E-state index in [0.29, 0.717) is 30.9 Å². The van der Waals surface area contributed by atoms with Crippen LogP contribution < -0.4 is 10.1 Å². The summed E-state index contributed by atoms with van der Waals surface area (Å²) in [7, 11) is 1.58. The van der Waals surface area contributed by atoms with E-state index in [0.717, 1.165) is 12.1 Å². The number of aryl methyl sites for hydroxylation is 1. The summed E-state index contributed by atoms with van der Waals surface area (Å²) < 4.78 is 5.24. The third-order valence-electron chi connectivity index (χ3n) is 3.08. The number of hydrogen-bond donors (Lipinski definition) is 2. The average Bonchev–Trinajstić information content (AvgIpc) is 2.43. The summed E-state index contributed by atoms with van der Waals surface area (Å²) in [5, 5.41) is 11.7. The zero-order valence-electron chi connectivity index (χ0n) is 12.5. The molecular weight excluding hydrogens is 256 g/mol. The molecule has 112 valence electrons. The summed E-state index contributed by atoms with van der Waals surface area (Å²) in [6.07, 6.45) is 0.675. The molecule has 0 aromatic heterocycles. The number of carbonyl (C=O) groups is 1. The van der Waals surface area contributed by atoms with E-state index in [9.17, 15) is 4.79 Å². The topological polar surface area (TPSA) is 61.8 Å². The largest absolute Gasteiger partial charge is 0.495 e. The smallest absolute Gasteiger partial charge is 0.238 e. The van der Waals surface area contributed by atoms with Gasteiger partial charge in [-0.05, 0) is 37.6 Å². The first-order valence-corrected chi connectivity index (χ1v) is 6.88. The predicted octanol–water partition coefficient (Wildman–Crippen LogP) is 1.65. The minimum absolute atomic E-state index is 0.0753. The number of likely N-dealkylation sites (N-methyl/N-ethyl adjacent to an activating group) is 1. The summed E-state index contributed by atoms with van der Waals surface area (Å²) >= 11 is 0. The second kappa shape index (κ2) is 8.55. The Hall–Kier alpha value is -1.59. The van der Waals surface area contributed by atoms with Crippen molar-refractivity contribution in [2.45, 2.75) is 20.3 Å². The normalized spacial score (nSPS) is 10.7. The number of nitrogens with zero attached hydrogens (tertiary/aromatic N) is 1. The summed E-state index contributed by atoms with van der Waals surface area (Å²) in [6, 6.07) is 5.67. The van der Waals surface area contributed by atoms with Gasteiger partial charge in [-0.15, -0.1) is 0 Å². The van der Waals surface area contributed by atoms with Gasteiger partial charge in [-0.3, -0.25) is 9.69 Å². The molecule has 0 saturated carbocycles. The van der Waals surface area contributed by atoms with Crippen LogP contribution in [0.4, 0.5) is 5.69 Å². The van der Waals surface area contributed by atoms with Gasteiger partial charge < -0.3 is 15.2 Å². The van der Waals surface area contributed by atoms with E-state index in [1.54, 1.807) is 7.11 Å². The number of aliphatic hydroxyl groups excluding tert-OH is 1. The number of carbonyl (C=O) groups excluding carboxylic acids is 1. The summed E-state index contributed by atoms with van der Waals surface area (Å²) in [4.78, 5) is 14.0. The lowest BCUT2D eigenvalue weighted by atomic mass is 10.2. The molecule has 0 unspecified atom stereocenters. The van der Waals surface area contributed by atoms with Crippen LogP contribution >= 0.6 is 0 Å². The highest BCUT2D eigenvalue weighted by molar-refractivity contribution is 5.93. The highest BCUT2D eigenvalue weighted by Gasteiger charge is 2.11. The van der Waals surface area contributed by atoms with Crippen LogP contribution in [-0.2, 0) is 4.79 Å². The molecule has 0 atom stereocenters. The number of amides is 1. The molecule has 2 N–H and O–H groups in total. The maximum atomic E-state index is 12.1. The lowest BCUT2D eigenvalue weighted by molar-refractivity contribution is -0.117. The van der Waals surface area contributed by atoms with Gasteiger partial charge in [0.1, 0.15) is 5.75 Å². The Kier molecular flexibility index (Phi) is 7.04. The maximum absolute atomic E-state index is 12.1. The van der Waals surface area contributed by atoms with Gasteiger partial charge in [0, 0.05) is 13.2 Å². The molecule has 0 saturated heterocycles. The number of hydrogen-bond acceptors (Lipinski definition) is 4. The van der Waals surface area contributed by atoms with Gasteiger partial charge in [-0.1, -0.05) is 13.0 Å². The number of benzene rings is 1. The van der Waals surface area contributed by atoms with E-state index < -0.39 is 0 Å². The van der Waals surface area contributed by atoms with Gasteiger partial charge in [0.2, 0.25) is 5.91 Å². The van der Waals surface area contributed by atoms with Crippen molar-refractivity contribution in [1.29, 1.82) is 0 Å². The molecule has 20 heavy (non-hydrogen) atoms. The lowest BCUT2D eigenvalue weighted by Crippen LogP contribution is -2.34. The van der Waals surface area contributed by atoms with Crippen molar-refractivity contribution >= 4 is 11.6 Å². The Morgan fingerprint density at radius 1 is 1.45 bits per heavy atom. The van der Waals surface area contributed by atoms with Crippen LogP contribution in [0.5, 0.6) is 5.75 Å². The van der Waals surface area contributed by atoms with Crippen molar-refractivity contribution in [3.8, 4) is 5.75 Å². The number of methoxy groups -OCH3 is 1. The van der Waals surface area contributed by atoms with Crippen LogP contribution in [0, 0.1) is 6.92 Å². The van der Waals surface area contributed by atoms with Gasteiger partial charge in [-0.2, -0.15) is 0 Å². The van der Waals surface area contributed by atoms with Crippen LogP contribution in [0.15, 0.2) is 18.2 Å². The van der Waals surface area contributed by atoms with Crippen LogP contribution in [0.25, 0.3) is 0 Å². The van der Waals surface area contributed by atoms with Gasteiger partial charge in [0.05, 0.1) is 19.3 Å². The molecule has 0 aliphatic rings. The molecule has 1 aromatic carbocycles. The van der Waals surface area contributed by atoms with E-state index >= 15 is 0 Å². The molecule has 0 aliphatic carbocycles. The van der Waals surface area contributed by atoms with Gasteiger partial charge in [0.25, 0.3) is 0 Å². The van der Waals surface area contributed by atoms with Crippen molar-refractivity contribution in [1.82, 2.24) is 4.90 Å². The van der Waals surface area contributed by atoms with E-state index in [-0.39, 0.29) is 12.5 Å². The van der Waals surface area contributed by atoms with Crippen molar-refractivity contribution in [2.24, 2.45) is 0 Å². The highest BCUT2D eigenvalue weighted by atomic mass is 16.5. The minimum Gasteiger partial charge on any atom is -0.495 e. The fraction of sp³-hybridized carbons (Fsp3) is 0.533. The molecule has 0 spiro atoms. The number of rotatable bonds is 8. The van der Waals surface area contributed by atoms with Crippen LogP contribution in [0.2, 0.25) is 0 Å². The first-order chi connectivity index (χ1) is 9.60. The fourth-order valence-electron chi connectivity index (χ4n) is 1.96. The molecule has 1 amide bonds. The molecule has 0 bridgehead atoms. The molecule has 1 rings (SSSR count). The minimum atomic E-state index is -0.0753. The van der Waals surface area contributed by atoms with Crippen LogP contribution in [-0.4, -0.2) is 49.3 Å². The Labute approximate surface area is 120 Å². The molecule has 0 heterocycles. The zero-order chi connectivity index (χ0) is 15.0. The molecule has 5 heteroatoms. The predicted molar refractivity (Wildman–Crippen MR) is 80.2 cm³/mol. The Balaban J connectivity index is 2.63. The molecule has 0 radical (unpaired) electrons. The molecule has 5 nitrogen and oxygen atoms in total. The third kappa shape index (κ3) is 5.19. The molecule has 0 aliphatic heterocycles. The van der Waals surface area contributed by atoms with Crippen molar-refractivity contribution in [3.63, 3.8) is 0 Å². The summed E-state index contributed by atoms with van der Waals surface area (Å²) in [6.45, 7) is 5.91. The van der Waals surface area contributed by atoms with E-state index in [1.165, 1.54) is 0 Å². The van der Waals surface area contributed by atoms with E-state index in [1.807, 2.05) is 36.9 Å². The second-order valence-corrected chi connectivity index (χ2v) is 4.70. The number of ether oxygens (including phenoxy) is 1. The first kappa shape index (κ1) is 16.5. The van der Waals surface area contributed by atoms with E-state index in [2.05, 4.69) is 5.32 Å². The second-order valence-electron chi connectivity index (χ2n) is 4.70. The van der Waals surface area contributed by atoms with Crippen LogP contribution in [0.3, 0.4) is 0 Å². The fourth-order valence-corrected chi connectivity index (χ4v) is 1.96. The summed E-state index contributed by atoms with van der Waals surface area (Å²) in [5.74, 6) is 0.580. The Morgan fingerprint density at radius 2 is 2.20 bits per heavy atom. The maximum Gasteiger partial charge on any atom is 0.238 e.